The maximum Gasteiger partial charge on any atom is 1.00 e. The van der Waals surface area contributed by atoms with Crippen molar-refractivity contribution < 1.29 is 108 Å². The van der Waals surface area contributed by atoms with Gasteiger partial charge >= 0.3 is 88.5 Å². The molecule has 3 aliphatic rings. The Morgan fingerprint density at radius 3 is 0.519 bits per heavy atom. The largest absolute Gasteiger partial charge is 1.00 e. The van der Waals surface area contributed by atoms with Crippen molar-refractivity contribution in [1.82, 2.24) is 0 Å². The summed E-state index contributed by atoms with van der Waals surface area (Å²) in [5.74, 6) is 2.85. The smallest absolute Gasteiger partial charge is 0.736 e. The van der Waals surface area contributed by atoms with Gasteiger partial charge in [0.1, 0.15) is 34.5 Å². The molecule has 0 spiro atoms. The molecular weight excluding hydrogens is 1400 g/mol. The molecule has 0 unspecified atom stereocenters. The first-order valence-corrected chi connectivity index (χ1v) is 41.7. The van der Waals surface area contributed by atoms with Crippen molar-refractivity contribution >= 4 is 40.1 Å². The second-order valence-electron chi connectivity index (χ2n) is 41.6. The van der Waals surface area contributed by atoms with Gasteiger partial charge in [-0.25, -0.2) is 13.7 Å². The van der Waals surface area contributed by atoms with Crippen LogP contribution in [-0.4, -0.2) is 22.1 Å². The average molecular weight is 1530 g/mol. The van der Waals surface area contributed by atoms with Gasteiger partial charge in [-0.3, -0.25) is 0 Å². The van der Waals surface area contributed by atoms with Crippen LogP contribution in [0.5, 0.6) is 34.5 Å². The monoisotopic (exact) mass is 1530 g/mol. The topological polar surface area (TPSA) is 193 Å². The number of hydrogen-bond donors (Lipinski definition) is 0. The summed E-state index contributed by atoms with van der Waals surface area (Å²) in [4.78, 5) is 26.5. The molecule has 0 aromatic heterocycles. The number of fused-ring (bicyclic) bond motifs is 6. The molecular formula is C87H129AlLiNaO13P3. The maximum absolute atomic E-state index is 14.0. The Labute approximate surface area is 683 Å². The second-order valence-corrected chi connectivity index (χ2v) is 46.4. The predicted molar refractivity (Wildman–Crippen MR) is 430 cm³/mol. The Bertz CT molecular complexity index is 3930. The minimum Gasteiger partial charge on any atom is -0.736 e. The Morgan fingerprint density at radius 2 is 0.406 bits per heavy atom. The fourth-order valence-electron chi connectivity index (χ4n) is 12.9. The molecule has 0 aliphatic carbocycles. The Hall–Kier alpha value is -3.22. The van der Waals surface area contributed by atoms with E-state index in [0.29, 0.717) is 53.8 Å². The maximum atomic E-state index is 14.0. The molecule has 3 heterocycles. The van der Waals surface area contributed by atoms with E-state index in [4.69, 9.17) is 30.7 Å². The minimum atomic E-state index is -4.68. The molecule has 9 rings (SSSR count). The van der Waals surface area contributed by atoms with Crippen LogP contribution in [0.2, 0.25) is 0 Å². The molecule has 19 heteroatoms. The first kappa shape index (κ1) is 95.2. The predicted octanol–water partition coefficient (Wildman–Crippen LogP) is 16.8. The van der Waals surface area contributed by atoms with Crippen LogP contribution in [0.15, 0.2) is 72.8 Å². The van der Waals surface area contributed by atoms with E-state index in [2.05, 4.69) is 322 Å². The third kappa shape index (κ3) is 22.8. The van der Waals surface area contributed by atoms with Gasteiger partial charge in [-0.15, -0.1) is 0 Å². The first-order chi connectivity index (χ1) is 45.8. The van der Waals surface area contributed by atoms with Crippen molar-refractivity contribution in [3.05, 3.63) is 173 Å². The standard InChI is InChI=1S/3C29H43O4P.Al.Li.Na.H2O.H/c3*1-26(2,3)20-14-18-13-19-15-21(27(4,5)6)17-23(29(10,11)12)25(19)33-34(30,31)32-24(18)22(16-20)28(7,8)9;;;;;/h3*14-17H,13H2,1-12H3,(H,30,31);;;;1H2;/q;;;3*+1;;/p-3. The van der Waals surface area contributed by atoms with Crippen LogP contribution in [0.3, 0.4) is 0 Å². The van der Waals surface area contributed by atoms with Gasteiger partial charge in [0.2, 0.25) is 0 Å². The third-order valence-electron chi connectivity index (χ3n) is 19.6. The molecule has 0 atom stereocenters. The van der Waals surface area contributed by atoms with E-state index >= 15 is 0 Å². The van der Waals surface area contributed by atoms with E-state index in [1.165, 1.54) is 11.1 Å². The van der Waals surface area contributed by atoms with Gasteiger partial charge in [0, 0.05) is 52.6 Å². The van der Waals surface area contributed by atoms with E-state index < -0.39 is 23.5 Å². The van der Waals surface area contributed by atoms with Crippen LogP contribution in [0.1, 0.15) is 349 Å². The zero-order valence-corrected chi connectivity index (χ0v) is 78.6. The molecule has 2 N–H and O–H groups in total. The quantitative estimate of drug-likeness (QED) is 0.112. The van der Waals surface area contributed by atoms with Crippen LogP contribution >= 0.6 is 23.5 Å². The average Bonchev–Trinajstić information content (AvgIpc) is 0.753. The fraction of sp³-hybridized carbons (Fsp3) is 0.586. The molecule has 6 aromatic carbocycles. The van der Waals surface area contributed by atoms with Crippen molar-refractivity contribution in [2.45, 2.75) is 333 Å². The van der Waals surface area contributed by atoms with E-state index in [-0.39, 0.29) is 119 Å². The summed E-state index contributed by atoms with van der Waals surface area (Å²) >= 11 is 1.16. The fourth-order valence-corrected chi connectivity index (χ4v) is 16.1. The molecule has 1 radical (unpaired) electrons. The molecule has 6 aromatic rings. The van der Waals surface area contributed by atoms with Gasteiger partial charge in [0.05, 0.1) is 0 Å². The van der Waals surface area contributed by atoms with E-state index in [1.54, 1.807) is 0 Å². The summed E-state index contributed by atoms with van der Waals surface area (Å²) in [5.41, 5.74) is 16.0. The van der Waals surface area contributed by atoms with Gasteiger partial charge in [-0.2, -0.15) is 0 Å². The third-order valence-corrected chi connectivity index (χ3v) is 23.3. The van der Waals surface area contributed by atoms with Gasteiger partial charge in [0.25, 0.3) is 0 Å². The number of phosphoric ester groups is 3. The molecule has 106 heavy (non-hydrogen) atoms. The first-order valence-electron chi connectivity index (χ1n) is 36.8. The van der Waals surface area contributed by atoms with E-state index in [0.717, 1.165) is 106 Å². The van der Waals surface area contributed by atoms with Crippen molar-refractivity contribution in [1.29, 1.82) is 0 Å². The summed E-state index contributed by atoms with van der Waals surface area (Å²) in [6, 6.07) is 25.6. The zero-order valence-electron chi connectivity index (χ0n) is 72.5. The summed E-state index contributed by atoms with van der Waals surface area (Å²) in [7, 11) is -13.3. The van der Waals surface area contributed by atoms with Crippen molar-refractivity contribution in [2.24, 2.45) is 0 Å². The molecule has 3 aliphatic heterocycles. The van der Waals surface area contributed by atoms with Gasteiger partial charge in [-0.05, 0) is 132 Å². The van der Waals surface area contributed by atoms with Crippen LogP contribution in [0.25, 0.3) is 0 Å². The van der Waals surface area contributed by atoms with E-state index in [9.17, 15) is 23.5 Å². The molecule has 0 bridgehead atoms. The summed E-state index contributed by atoms with van der Waals surface area (Å²) < 4.78 is 81.4. The SMILES string of the molecule is CC(C)(C)c1cc2c(c(C(C)(C)C)c1)OP(=O)([O-])Oc1c(cc(C(C)(C)C)cc1C(C)(C)C)C2.CC(C)(C)c1cc2c(c(C(C)(C)C)c1)OP(=O)([O-])Oc1c(cc(C(C)(C)C)cc1C(C)(C)C)C2.CC(C)(C)c1cc2c(c(C(C)(C)C)c1)OP(=O)([O][AlH])Oc1c(cc(C(C)(C)C)cc1C(C)(C)C)C2.O.[Li+].[Na+]. The van der Waals surface area contributed by atoms with Crippen molar-refractivity contribution in [3.8, 4) is 34.5 Å². The van der Waals surface area contributed by atoms with Crippen molar-refractivity contribution in [2.75, 3.05) is 0 Å². The van der Waals surface area contributed by atoms with Crippen LogP contribution in [-0.2, 0) is 102 Å². The summed E-state index contributed by atoms with van der Waals surface area (Å²) in [6.45, 7) is 77.3. The molecule has 0 fully saturated rings. The van der Waals surface area contributed by atoms with Gasteiger partial charge in [0.15, 0.2) is 0 Å². The number of hydrogen-bond acceptors (Lipinski definition) is 12. The number of rotatable bonds is 1. The molecule has 0 saturated carbocycles. The molecule has 575 valence electrons. The summed E-state index contributed by atoms with van der Waals surface area (Å²) in [6.07, 6.45) is 1.69. The molecule has 0 amide bonds. The second kappa shape index (κ2) is 31.6. The van der Waals surface area contributed by atoms with Gasteiger partial charge < -0.3 is 46.0 Å². The number of phosphoric acid groups is 3. The van der Waals surface area contributed by atoms with Crippen molar-refractivity contribution in [3.63, 3.8) is 0 Å². The molecule has 0 saturated heterocycles. The van der Waals surface area contributed by atoms with E-state index in [1.807, 2.05) is 0 Å². The van der Waals surface area contributed by atoms with Crippen LogP contribution in [0, 0.1) is 0 Å². The normalized spacial score (nSPS) is 16.0. The van der Waals surface area contributed by atoms with Gasteiger partial charge in [-0.1, -0.05) is 322 Å². The Balaban J connectivity index is 0.000000332. The van der Waals surface area contributed by atoms with Crippen LogP contribution < -0.4 is 85.3 Å². The molecule has 13 nitrogen and oxygen atoms in total. The zero-order chi connectivity index (χ0) is 78.9. The Morgan fingerprint density at radius 1 is 0.274 bits per heavy atom. The summed E-state index contributed by atoms with van der Waals surface area (Å²) in [5, 5.41) is 0. The number of benzene rings is 6. The Kier molecular flexibility index (Phi) is 28.4. The van der Waals surface area contributed by atoms with Crippen LogP contribution in [0.4, 0.5) is 0 Å². The minimum absolute atomic E-state index is 0.